The van der Waals surface area contributed by atoms with Crippen LogP contribution in [-0.2, 0) is 10.0 Å². The Labute approximate surface area is 99.7 Å². The van der Waals surface area contributed by atoms with Gasteiger partial charge in [0.1, 0.15) is 4.90 Å². The predicted molar refractivity (Wildman–Crippen MR) is 63.2 cm³/mol. The van der Waals surface area contributed by atoms with Crippen molar-refractivity contribution >= 4 is 10.0 Å². The SMILES string of the molecule is CC(C)(CCO)NS(=O)(=O)c1c[nH]ccc1=O. The van der Waals surface area contributed by atoms with Crippen LogP contribution in [0.3, 0.4) is 0 Å². The lowest BCUT2D eigenvalue weighted by Crippen LogP contribution is -2.45. The van der Waals surface area contributed by atoms with E-state index in [-0.39, 0.29) is 17.9 Å². The third-order valence-corrected chi connectivity index (χ3v) is 3.94. The number of aromatic amines is 1. The zero-order valence-electron chi connectivity index (χ0n) is 9.73. The summed E-state index contributed by atoms with van der Waals surface area (Å²) < 4.78 is 26.2. The summed E-state index contributed by atoms with van der Waals surface area (Å²) in [5.41, 5.74) is -1.38. The molecule has 0 aromatic carbocycles. The number of sulfonamides is 1. The zero-order valence-corrected chi connectivity index (χ0v) is 10.5. The number of aliphatic hydroxyl groups excluding tert-OH is 1. The highest BCUT2D eigenvalue weighted by Gasteiger charge is 2.27. The summed E-state index contributed by atoms with van der Waals surface area (Å²) in [5.74, 6) is 0. The van der Waals surface area contributed by atoms with Gasteiger partial charge in [0.15, 0.2) is 0 Å². The minimum atomic E-state index is -3.88. The second-order valence-corrected chi connectivity index (χ2v) is 5.99. The number of hydrogen-bond donors (Lipinski definition) is 3. The molecule has 96 valence electrons. The molecule has 17 heavy (non-hydrogen) atoms. The fraction of sp³-hybridized carbons (Fsp3) is 0.500. The van der Waals surface area contributed by atoms with E-state index in [2.05, 4.69) is 9.71 Å². The summed E-state index contributed by atoms with van der Waals surface area (Å²) >= 11 is 0. The molecule has 1 heterocycles. The van der Waals surface area contributed by atoms with E-state index >= 15 is 0 Å². The number of aliphatic hydroxyl groups is 1. The van der Waals surface area contributed by atoms with Gasteiger partial charge in [-0.2, -0.15) is 0 Å². The van der Waals surface area contributed by atoms with Crippen molar-refractivity contribution in [3.8, 4) is 0 Å². The molecule has 0 atom stereocenters. The molecule has 0 spiro atoms. The quantitative estimate of drug-likeness (QED) is 0.683. The van der Waals surface area contributed by atoms with Crippen LogP contribution in [0.2, 0.25) is 0 Å². The third-order valence-electron chi connectivity index (χ3n) is 2.23. The van der Waals surface area contributed by atoms with Gasteiger partial charge in [-0.3, -0.25) is 4.79 Å². The first-order valence-corrected chi connectivity index (χ1v) is 6.59. The highest BCUT2D eigenvalue weighted by atomic mass is 32.2. The molecule has 0 aliphatic rings. The molecule has 6 nitrogen and oxygen atoms in total. The van der Waals surface area contributed by atoms with Gasteiger partial charge >= 0.3 is 0 Å². The lowest BCUT2D eigenvalue weighted by atomic mass is 10.0. The van der Waals surface area contributed by atoms with E-state index in [4.69, 9.17) is 5.11 Å². The summed E-state index contributed by atoms with van der Waals surface area (Å²) in [6.07, 6.45) is 2.76. The first-order valence-electron chi connectivity index (χ1n) is 5.10. The van der Waals surface area contributed by atoms with E-state index in [1.54, 1.807) is 13.8 Å². The Morgan fingerprint density at radius 1 is 1.47 bits per heavy atom. The van der Waals surface area contributed by atoms with E-state index < -0.39 is 21.0 Å². The average Bonchev–Trinajstić information content (AvgIpc) is 2.15. The Bertz CT molecular complexity index is 533. The van der Waals surface area contributed by atoms with Crippen LogP contribution in [0.4, 0.5) is 0 Å². The Kier molecular flexibility index (Phi) is 4.07. The molecular formula is C10H16N2O4S. The van der Waals surface area contributed by atoms with E-state index in [1.165, 1.54) is 6.20 Å². The summed E-state index contributed by atoms with van der Waals surface area (Å²) in [5, 5.41) is 8.82. The van der Waals surface area contributed by atoms with Crippen molar-refractivity contribution in [3.63, 3.8) is 0 Å². The standard InChI is InChI=1S/C10H16N2O4S/c1-10(2,4-6-13)12-17(15,16)9-7-11-5-3-8(9)14/h3,5,7,12-13H,4,6H2,1-2H3,(H,11,14). The largest absolute Gasteiger partial charge is 0.396 e. The van der Waals surface area contributed by atoms with E-state index in [1.807, 2.05) is 0 Å². The van der Waals surface area contributed by atoms with E-state index in [9.17, 15) is 13.2 Å². The van der Waals surface area contributed by atoms with Crippen LogP contribution in [0.15, 0.2) is 28.2 Å². The van der Waals surface area contributed by atoms with Crippen molar-refractivity contribution in [2.75, 3.05) is 6.61 Å². The highest BCUT2D eigenvalue weighted by molar-refractivity contribution is 7.89. The van der Waals surface area contributed by atoms with Gasteiger partial charge < -0.3 is 10.1 Å². The molecule has 1 rings (SSSR count). The highest BCUT2D eigenvalue weighted by Crippen LogP contribution is 2.12. The molecule has 0 saturated carbocycles. The predicted octanol–water partition coefficient (Wildman–Crippen LogP) is -0.186. The molecule has 1 aromatic rings. The molecule has 0 fully saturated rings. The van der Waals surface area contributed by atoms with Gasteiger partial charge in [0.05, 0.1) is 0 Å². The Hall–Kier alpha value is -1.18. The van der Waals surface area contributed by atoms with Crippen LogP contribution >= 0.6 is 0 Å². The van der Waals surface area contributed by atoms with Crippen molar-refractivity contribution in [2.45, 2.75) is 30.7 Å². The molecule has 0 radical (unpaired) electrons. The van der Waals surface area contributed by atoms with Gasteiger partial charge in [0.2, 0.25) is 15.5 Å². The lowest BCUT2D eigenvalue weighted by Gasteiger charge is -2.24. The third kappa shape index (κ3) is 3.65. The summed E-state index contributed by atoms with van der Waals surface area (Å²) in [7, 11) is -3.88. The molecule has 0 aliphatic carbocycles. The Balaban J connectivity index is 3.06. The molecule has 1 aromatic heterocycles. The Morgan fingerprint density at radius 3 is 2.65 bits per heavy atom. The van der Waals surface area contributed by atoms with Gasteiger partial charge in [-0.05, 0) is 20.3 Å². The van der Waals surface area contributed by atoms with Crippen LogP contribution in [0.25, 0.3) is 0 Å². The molecule has 0 amide bonds. The van der Waals surface area contributed by atoms with Crippen molar-refractivity contribution in [2.24, 2.45) is 0 Å². The second-order valence-electron chi connectivity index (χ2n) is 4.34. The fourth-order valence-corrected chi connectivity index (χ4v) is 2.86. The van der Waals surface area contributed by atoms with Gasteiger partial charge in [-0.15, -0.1) is 0 Å². The Morgan fingerprint density at radius 2 is 2.12 bits per heavy atom. The molecule has 0 aliphatic heterocycles. The van der Waals surface area contributed by atoms with Gasteiger partial charge in [0.25, 0.3) is 0 Å². The summed E-state index contributed by atoms with van der Waals surface area (Å²) in [6.45, 7) is 3.14. The first-order chi connectivity index (χ1) is 7.78. The van der Waals surface area contributed by atoms with Gasteiger partial charge in [-0.25, -0.2) is 13.1 Å². The molecule has 3 N–H and O–H groups in total. The van der Waals surface area contributed by atoms with Crippen LogP contribution in [0, 0.1) is 0 Å². The van der Waals surface area contributed by atoms with Crippen LogP contribution in [0.5, 0.6) is 0 Å². The molecule has 7 heteroatoms. The number of pyridine rings is 1. The number of rotatable bonds is 5. The second kappa shape index (κ2) is 4.99. The average molecular weight is 260 g/mol. The van der Waals surface area contributed by atoms with Gasteiger partial charge in [0, 0.05) is 30.6 Å². The van der Waals surface area contributed by atoms with Gasteiger partial charge in [-0.1, -0.05) is 0 Å². The van der Waals surface area contributed by atoms with Crippen molar-refractivity contribution in [1.29, 1.82) is 0 Å². The molecular weight excluding hydrogens is 244 g/mol. The fourth-order valence-electron chi connectivity index (χ4n) is 1.36. The maximum absolute atomic E-state index is 11.9. The number of hydrogen-bond acceptors (Lipinski definition) is 4. The van der Waals surface area contributed by atoms with Crippen molar-refractivity contribution < 1.29 is 13.5 Å². The van der Waals surface area contributed by atoms with Crippen molar-refractivity contribution in [1.82, 2.24) is 9.71 Å². The van der Waals surface area contributed by atoms with E-state index in [0.717, 1.165) is 12.3 Å². The zero-order chi connectivity index (χ0) is 13.1. The molecule has 0 bridgehead atoms. The monoisotopic (exact) mass is 260 g/mol. The topological polar surface area (TPSA) is 99.3 Å². The molecule has 0 unspecified atom stereocenters. The summed E-state index contributed by atoms with van der Waals surface area (Å²) in [6, 6.07) is 1.15. The van der Waals surface area contributed by atoms with Crippen LogP contribution < -0.4 is 10.2 Å². The number of H-pyrrole nitrogens is 1. The van der Waals surface area contributed by atoms with Crippen LogP contribution in [0.1, 0.15) is 20.3 Å². The minimum Gasteiger partial charge on any atom is -0.396 e. The molecule has 0 saturated heterocycles. The number of nitrogens with one attached hydrogen (secondary N) is 2. The van der Waals surface area contributed by atoms with E-state index in [0.29, 0.717) is 0 Å². The normalized spacial score (nSPS) is 12.6. The first kappa shape index (κ1) is 13.9. The summed E-state index contributed by atoms with van der Waals surface area (Å²) in [4.78, 5) is 13.7. The smallest absolute Gasteiger partial charge is 0.246 e. The minimum absolute atomic E-state index is 0.138. The van der Waals surface area contributed by atoms with Crippen LogP contribution in [-0.4, -0.2) is 30.7 Å². The van der Waals surface area contributed by atoms with Crippen molar-refractivity contribution in [3.05, 3.63) is 28.7 Å². The maximum atomic E-state index is 11.9. The number of aromatic nitrogens is 1. The lowest BCUT2D eigenvalue weighted by molar-refractivity contribution is 0.245. The maximum Gasteiger partial charge on any atom is 0.246 e.